The number of hydrogen-bond donors (Lipinski definition) is 0. The largest absolute Gasteiger partial charge is 0.497 e. The standard InChI is InChI=1S/C27H26O4/c1-19-10-13-23(16-20(19)2)31-27(28)15-14-25-22(12-11-21-8-6-5-7-9-21)17-24(29-3)18-26(25)30-4/h5-18H,1-4H3/b12-11+,15-14+. The molecule has 0 heterocycles. The van der Waals surface area contributed by atoms with Crippen LogP contribution in [0.4, 0.5) is 0 Å². The lowest BCUT2D eigenvalue weighted by Gasteiger charge is -2.11. The number of rotatable bonds is 7. The second-order valence-electron chi connectivity index (χ2n) is 7.08. The lowest BCUT2D eigenvalue weighted by atomic mass is 10.0. The van der Waals surface area contributed by atoms with E-state index in [2.05, 4.69) is 0 Å². The highest BCUT2D eigenvalue weighted by Crippen LogP contribution is 2.31. The van der Waals surface area contributed by atoms with Crippen LogP contribution in [0.5, 0.6) is 17.2 Å². The van der Waals surface area contributed by atoms with Gasteiger partial charge < -0.3 is 14.2 Å². The van der Waals surface area contributed by atoms with Crippen molar-refractivity contribution in [2.24, 2.45) is 0 Å². The summed E-state index contributed by atoms with van der Waals surface area (Å²) >= 11 is 0. The van der Waals surface area contributed by atoms with Crippen LogP contribution in [0, 0.1) is 13.8 Å². The molecule has 0 aliphatic rings. The summed E-state index contributed by atoms with van der Waals surface area (Å²) in [5, 5.41) is 0. The Morgan fingerprint density at radius 1 is 0.774 bits per heavy atom. The van der Waals surface area contributed by atoms with Crippen LogP contribution in [-0.2, 0) is 4.79 Å². The van der Waals surface area contributed by atoms with Crippen molar-refractivity contribution < 1.29 is 19.0 Å². The van der Waals surface area contributed by atoms with Gasteiger partial charge in [-0.3, -0.25) is 0 Å². The minimum Gasteiger partial charge on any atom is -0.497 e. The van der Waals surface area contributed by atoms with Crippen LogP contribution < -0.4 is 14.2 Å². The van der Waals surface area contributed by atoms with Gasteiger partial charge in [0, 0.05) is 17.7 Å². The zero-order chi connectivity index (χ0) is 22.2. The third-order valence-corrected chi connectivity index (χ3v) is 4.94. The van der Waals surface area contributed by atoms with Crippen LogP contribution >= 0.6 is 0 Å². The number of ether oxygens (including phenoxy) is 3. The maximum absolute atomic E-state index is 12.4. The van der Waals surface area contributed by atoms with Gasteiger partial charge in [0.05, 0.1) is 14.2 Å². The highest BCUT2D eigenvalue weighted by molar-refractivity contribution is 5.91. The van der Waals surface area contributed by atoms with E-state index in [0.29, 0.717) is 17.2 Å². The predicted molar refractivity (Wildman–Crippen MR) is 126 cm³/mol. The molecule has 0 aromatic heterocycles. The molecule has 0 spiro atoms. The SMILES string of the molecule is COc1cc(/C=C/c2ccccc2)c(/C=C/C(=O)Oc2ccc(C)c(C)c2)c(OC)c1. The summed E-state index contributed by atoms with van der Waals surface area (Å²) in [4.78, 5) is 12.4. The fourth-order valence-electron chi connectivity index (χ4n) is 3.05. The highest BCUT2D eigenvalue weighted by Gasteiger charge is 2.10. The van der Waals surface area contributed by atoms with Gasteiger partial charge in [0.25, 0.3) is 0 Å². The molecule has 3 aromatic carbocycles. The van der Waals surface area contributed by atoms with Gasteiger partial charge in [-0.1, -0.05) is 48.6 Å². The molecular weight excluding hydrogens is 388 g/mol. The Kier molecular flexibility index (Phi) is 7.28. The van der Waals surface area contributed by atoms with Crippen LogP contribution in [0.15, 0.2) is 66.7 Å². The minimum atomic E-state index is -0.459. The van der Waals surface area contributed by atoms with E-state index in [1.165, 1.54) is 6.08 Å². The second kappa shape index (κ2) is 10.3. The molecule has 0 unspecified atom stereocenters. The third-order valence-electron chi connectivity index (χ3n) is 4.94. The number of benzene rings is 3. The van der Waals surface area contributed by atoms with Crippen LogP contribution in [0.3, 0.4) is 0 Å². The molecule has 0 aliphatic carbocycles. The highest BCUT2D eigenvalue weighted by atomic mass is 16.5. The molecule has 0 aliphatic heterocycles. The van der Waals surface area contributed by atoms with Crippen LogP contribution in [0.2, 0.25) is 0 Å². The smallest absolute Gasteiger partial charge is 0.336 e. The van der Waals surface area contributed by atoms with Crippen molar-refractivity contribution in [2.45, 2.75) is 13.8 Å². The third kappa shape index (κ3) is 5.86. The Bertz CT molecular complexity index is 1110. The molecular formula is C27H26O4. The quantitative estimate of drug-likeness (QED) is 0.202. The van der Waals surface area contributed by atoms with Gasteiger partial charge >= 0.3 is 5.97 Å². The summed E-state index contributed by atoms with van der Waals surface area (Å²) in [6.45, 7) is 4.00. The molecule has 0 saturated heterocycles. The second-order valence-corrected chi connectivity index (χ2v) is 7.08. The lowest BCUT2D eigenvalue weighted by Crippen LogP contribution is -2.04. The monoisotopic (exact) mass is 414 g/mol. The number of aryl methyl sites for hydroxylation is 2. The number of methoxy groups -OCH3 is 2. The fourth-order valence-corrected chi connectivity index (χ4v) is 3.05. The van der Waals surface area contributed by atoms with Crippen molar-refractivity contribution in [1.29, 1.82) is 0 Å². The average Bonchev–Trinajstić information content (AvgIpc) is 2.79. The van der Waals surface area contributed by atoms with E-state index in [0.717, 1.165) is 27.8 Å². The molecule has 3 rings (SSSR count). The predicted octanol–water partition coefficient (Wildman–Crippen LogP) is 6.11. The Hall–Kier alpha value is -3.79. The number of hydrogen-bond acceptors (Lipinski definition) is 4. The van der Waals surface area contributed by atoms with Gasteiger partial charge in [-0.15, -0.1) is 0 Å². The number of esters is 1. The first-order valence-electron chi connectivity index (χ1n) is 9.96. The zero-order valence-corrected chi connectivity index (χ0v) is 18.2. The summed E-state index contributed by atoms with van der Waals surface area (Å²) in [6.07, 6.45) is 7.07. The van der Waals surface area contributed by atoms with Crippen LogP contribution in [0.1, 0.15) is 27.8 Å². The molecule has 31 heavy (non-hydrogen) atoms. The van der Waals surface area contributed by atoms with E-state index in [1.807, 2.05) is 74.5 Å². The van der Waals surface area contributed by atoms with Crippen molar-refractivity contribution in [3.8, 4) is 17.2 Å². The van der Waals surface area contributed by atoms with Crippen molar-refractivity contribution in [2.75, 3.05) is 14.2 Å². The Morgan fingerprint density at radius 3 is 2.23 bits per heavy atom. The first-order chi connectivity index (χ1) is 15.0. The van der Waals surface area contributed by atoms with E-state index in [-0.39, 0.29) is 0 Å². The van der Waals surface area contributed by atoms with E-state index < -0.39 is 5.97 Å². The van der Waals surface area contributed by atoms with E-state index in [4.69, 9.17) is 14.2 Å². The van der Waals surface area contributed by atoms with Crippen molar-refractivity contribution >= 4 is 24.2 Å². The molecule has 0 N–H and O–H groups in total. The van der Waals surface area contributed by atoms with Gasteiger partial charge in [0.2, 0.25) is 0 Å². The zero-order valence-electron chi connectivity index (χ0n) is 18.2. The fraction of sp³-hybridized carbons (Fsp3) is 0.148. The minimum absolute atomic E-state index is 0.459. The average molecular weight is 415 g/mol. The maximum atomic E-state index is 12.4. The van der Waals surface area contributed by atoms with Crippen molar-refractivity contribution in [3.63, 3.8) is 0 Å². The normalized spacial score (nSPS) is 11.1. The Morgan fingerprint density at radius 2 is 1.55 bits per heavy atom. The molecule has 0 bridgehead atoms. The number of carbonyl (C=O) groups is 1. The summed E-state index contributed by atoms with van der Waals surface area (Å²) in [5.74, 6) is 1.32. The van der Waals surface area contributed by atoms with E-state index >= 15 is 0 Å². The van der Waals surface area contributed by atoms with Crippen LogP contribution in [-0.4, -0.2) is 20.2 Å². The molecule has 0 radical (unpaired) electrons. The molecule has 3 aromatic rings. The molecule has 4 nitrogen and oxygen atoms in total. The van der Waals surface area contributed by atoms with Gasteiger partial charge in [0.1, 0.15) is 17.2 Å². The lowest BCUT2D eigenvalue weighted by molar-refractivity contribution is -0.128. The van der Waals surface area contributed by atoms with Crippen LogP contribution in [0.25, 0.3) is 18.2 Å². The van der Waals surface area contributed by atoms with Gasteiger partial charge in [-0.2, -0.15) is 0 Å². The Labute approximate surface area is 183 Å². The topological polar surface area (TPSA) is 44.8 Å². The molecule has 4 heteroatoms. The van der Waals surface area contributed by atoms with Gasteiger partial charge in [-0.25, -0.2) is 4.79 Å². The molecule has 0 saturated carbocycles. The summed E-state index contributed by atoms with van der Waals surface area (Å²) in [6, 6.07) is 19.2. The number of carbonyl (C=O) groups excluding carboxylic acids is 1. The van der Waals surface area contributed by atoms with Crippen molar-refractivity contribution in [3.05, 3.63) is 94.6 Å². The summed E-state index contributed by atoms with van der Waals surface area (Å²) < 4.78 is 16.4. The summed E-state index contributed by atoms with van der Waals surface area (Å²) in [5.41, 5.74) is 4.89. The van der Waals surface area contributed by atoms with E-state index in [9.17, 15) is 4.79 Å². The van der Waals surface area contributed by atoms with E-state index in [1.54, 1.807) is 32.4 Å². The Balaban J connectivity index is 1.89. The molecule has 0 amide bonds. The van der Waals surface area contributed by atoms with Gasteiger partial charge in [0.15, 0.2) is 0 Å². The first-order valence-corrected chi connectivity index (χ1v) is 9.96. The first kappa shape index (κ1) is 21.9. The molecule has 158 valence electrons. The maximum Gasteiger partial charge on any atom is 0.336 e. The molecule has 0 fully saturated rings. The molecule has 0 atom stereocenters. The summed E-state index contributed by atoms with van der Waals surface area (Å²) in [7, 11) is 3.19. The van der Waals surface area contributed by atoms with Gasteiger partial charge in [-0.05, 0) is 60.4 Å². The van der Waals surface area contributed by atoms with Crippen molar-refractivity contribution in [1.82, 2.24) is 0 Å².